The van der Waals surface area contributed by atoms with Gasteiger partial charge >= 0.3 is 0 Å². The average molecular weight is 296 g/mol. The lowest BCUT2D eigenvalue weighted by Gasteiger charge is -2.05. The van der Waals surface area contributed by atoms with E-state index in [1.807, 2.05) is 42.0 Å². The Morgan fingerprint density at radius 3 is 2.82 bits per heavy atom. The molecule has 1 aromatic carbocycles. The molecule has 0 aliphatic carbocycles. The molecule has 0 aliphatic rings. The standard InChI is InChI=1S/C12H14BrN3O/c1-2-16-7-9(15-12(16)14)8-17-11-6-4-3-5-10(11)13/h3-7H,2,8H2,1H3,(H2,14,15). The van der Waals surface area contributed by atoms with Crippen LogP contribution in [0.3, 0.4) is 0 Å². The van der Waals surface area contributed by atoms with Gasteiger partial charge in [-0.05, 0) is 35.0 Å². The Morgan fingerprint density at radius 1 is 1.41 bits per heavy atom. The molecule has 1 heterocycles. The molecule has 0 fully saturated rings. The SMILES string of the molecule is CCn1cc(COc2ccccc2Br)nc1N. The van der Waals surface area contributed by atoms with Crippen molar-refractivity contribution in [2.24, 2.45) is 0 Å². The minimum atomic E-state index is 0.416. The monoisotopic (exact) mass is 295 g/mol. The predicted molar refractivity (Wildman–Crippen MR) is 70.8 cm³/mol. The van der Waals surface area contributed by atoms with Gasteiger partial charge in [0, 0.05) is 12.7 Å². The Kier molecular flexibility index (Phi) is 3.68. The van der Waals surface area contributed by atoms with E-state index in [1.54, 1.807) is 0 Å². The van der Waals surface area contributed by atoms with Gasteiger partial charge in [-0.15, -0.1) is 0 Å². The van der Waals surface area contributed by atoms with Gasteiger partial charge < -0.3 is 15.0 Å². The van der Waals surface area contributed by atoms with Crippen LogP contribution in [0.15, 0.2) is 34.9 Å². The highest BCUT2D eigenvalue weighted by Crippen LogP contribution is 2.24. The number of benzene rings is 1. The summed E-state index contributed by atoms with van der Waals surface area (Å²) < 4.78 is 8.48. The van der Waals surface area contributed by atoms with E-state index >= 15 is 0 Å². The molecule has 90 valence electrons. The van der Waals surface area contributed by atoms with Gasteiger partial charge in [0.2, 0.25) is 0 Å². The lowest BCUT2D eigenvalue weighted by molar-refractivity contribution is 0.300. The fourth-order valence-corrected chi connectivity index (χ4v) is 1.92. The van der Waals surface area contributed by atoms with Crippen molar-refractivity contribution in [2.75, 3.05) is 5.73 Å². The minimum Gasteiger partial charge on any atom is -0.486 e. The van der Waals surface area contributed by atoms with Crippen molar-refractivity contribution in [3.05, 3.63) is 40.6 Å². The lowest BCUT2D eigenvalue weighted by atomic mass is 10.3. The minimum absolute atomic E-state index is 0.416. The Hall–Kier alpha value is -1.49. The van der Waals surface area contributed by atoms with Crippen molar-refractivity contribution in [1.82, 2.24) is 9.55 Å². The maximum absolute atomic E-state index is 5.74. The average Bonchev–Trinajstić information content (AvgIpc) is 2.69. The van der Waals surface area contributed by atoms with Crippen molar-refractivity contribution in [2.45, 2.75) is 20.1 Å². The van der Waals surface area contributed by atoms with Crippen LogP contribution < -0.4 is 10.5 Å². The first-order chi connectivity index (χ1) is 8.20. The number of hydrogen-bond donors (Lipinski definition) is 1. The van der Waals surface area contributed by atoms with Crippen LogP contribution >= 0.6 is 15.9 Å². The van der Waals surface area contributed by atoms with Crippen molar-refractivity contribution in [3.63, 3.8) is 0 Å². The van der Waals surface area contributed by atoms with E-state index in [9.17, 15) is 0 Å². The van der Waals surface area contributed by atoms with Crippen LogP contribution in [0.4, 0.5) is 5.95 Å². The predicted octanol–water partition coefficient (Wildman–Crippen LogP) is 2.83. The third-order valence-electron chi connectivity index (χ3n) is 2.41. The van der Waals surface area contributed by atoms with E-state index in [4.69, 9.17) is 10.5 Å². The largest absolute Gasteiger partial charge is 0.486 e. The molecule has 0 atom stereocenters. The molecular weight excluding hydrogens is 282 g/mol. The summed E-state index contributed by atoms with van der Waals surface area (Å²) >= 11 is 3.43. The number of anilines is 1. The van der Waals surface area contributed by atoms with Gasteiger partial charge in [0.15, 0.2) is 5.95 Å². The van der Waals surface area contributed by atoms with Crippen LogP contribution in [0.1, 0.15) is 12.6 Å². The van der Waals surface area contributed by atoms with Crippen LogP contribution in [0.5, 0.6) is 5.75 Å². The molecule has 1 aromatic heterocycles. The summed E-state index contributed by atoms with van der Waals surface area (Å²) in [5.74, 6) is 1.33. The Balaban J connectivity index is 2.05. The summed E-state index contributed by atoms with van der Waals surface area (Å²) in [6.07, 6.45) is 1.91. The maximum atomic E-state index is 5.74. The smallest absolute Gasteiger partial charge is 0.200 e. The molecule has 0 bridgehead atoms. The first-order valence-electron chi connectivity index (χ1n) is 5.39. The third kappa shape index (κ3) is 2.79. The van der Waals surface area contributed by atoms with Gasteiger partial charge in [-0.1, -0.05) is 12.1 Å². The van der Waals surface area contributed by atoms with Gasteiger partial charge in [-0.3, -0.25) is 0 Å². The number of hydrogen-bond acceptors (Lipinski definition) is 3. The molecule has 0 aliphatic heterocycles. The van der Waals surface area contributed by atoms with Crippen molar-refractivity contribution >= 4 is 21.9 Å². The molecule has 2 aromatic rings. The van der Waals surface area contributed by atoms with Crippen LogP contribution in [0, 0.1) is 0 Å². The van der Waals surface area contributed by atoms with Crippen LogP contribution in [-0.2, 0) is 13.2 Å². The molecule has 2 rings (SSSR count). The summed E-state index contributed by atoms with van der Waals surface area (Å²) in [7, 11) is 0. The molecule has 0 saturated carbocycles. The van der Waals surface area contributed by atoms with E-state index < -0.39 is 0 Å². The van der Waals surface area contributed by atoms with E-state index in [0.717, 1.165) is 22.5 Å². The van der Waals surface area contributed by atoms with Gasteiger partial charge in [0.25, 0.3) is 0 Å². The quantitative estimate of drug-likeness (QED) is 0.944. The van der Waals surface area contributed by atoms with Gasteiger partial charge in [-0.2, -0.15) is 0 Å². The fraction of sp³-hybridized carbons (Fsp3) is 0.250. The van der Waals surface area contributed by atoms with Gasteiger partial charge in [0.05, 0.1) is 10.2 Å². The summed E-state index contributed by atoms with van der Waals surface area (Å²) in [5, 5.41) is 0. The fourth-order valence-electron chi connectivity index (χ4n) is 1.52. The second-order valence-electron chi connectivity index (χ2n) is 3.60. The number of ether oxygens (including phenoxy) is 1. The second kappa shape index (κ2) is 5.23. The van der Waals surface area contributed by atoms with E-state index in [-0.39, 0.29) is 0 Å². The summed E-state index contributed by atoms with van der Waals surface area (Å²) in [6, 6.07) is 7.72. The second-order valence-corrected chi connectivity index (χ2v) is 4.45. The summed E-state index contributed by atoms with van der Waals surface area (Å²) in [5.41, 5.74) is 6.57. The molecular formula is C12H14BrN3O. The van der Waals surface area contributed by atoms with E-state index in [0.29, 0.717) is 12.6 Å². The Bertz CT molecular complexity index is 510. The highest BCUT2D eigenvalue weighted by Gasteiger charge is 2.05. The number of aryl methyl sites for hydroxylation is 1. The van der Waals surface area contributed by atoms with E-state index in [1.165, 1.54) is 0 Å². The molecule has 2 N–H and O–H groups in total. The molecule has 4 nitrogen and oxygen atoms in total. The van der Waals surface area contributed by atoms with Crippen LogP contribution in [-0.4, -0.2) is 9.55 Å². The molecule has 0 amide bonds. The number of aromatic nitrogens is 2. The van der Waals surface area contributed by atoms with E-state index in [2.05, 4.69) is 20.9 Å². The number of nitrogens with two attached hydrogens (primary N) is 1. The number of nitrogens with zero attached hydrogens (tertiary/aromatic N) is 2. The number of halogens is 1. The topological polar surface area (TPSA) is 53.1 Å². The Labute approximate surface area is 109 Å². The van der Waals surface area contributed by atoms with Crippen LogP contribution in [0.25, 0.3) is 0 Å². The Morgan fingerprint density at radius 2 is 2.18 bits per heavy atom. The first kappa shape index (κ1) is 12.0. The zero-order valence-electron chi connectivity index (χ0n) is 9.56. The molecule has 5 heteroatoms. The summed E-state index contributed by atoms with van der Waals surface area (Å²) in [6.45, 7) is 3.25. The molecule has 17 heavy (non-hydrogen) atoms. The first-order valence-corrected chi connectivity index (χ1v) is 6.19. The summed E-state index contributed by atoms with van der Waals surface area (Å²) in [4.78, 5) is 4.23. The molecule has 0 unspecified atom stereocenters. The maximum Gasteiger partial charge on any atom is 0.200 e. The molecule has 0 radical (unpaired) electrons. The van der Waals surface area contributed by atoms with Crippen LogP contribution in [0.2, 0.25) is 0 Å². The molecule has 0 spiro atoms. The number of rotatable bonds is 4. The zero-order chi connectivity index (χ0) is 12.3. The highest BCUT2D eigenvalue weighted by molar-refractivity contribution is 9.10. The van der Waals surface area contributed by atoms with Gasteiger partial charge in [-0.25, -0.2) is 4.98 Å². The lowest BCUT2D eigenvalue weighted by Crippen LogP contribution is -1.98. The van der Waals surface area contributed by atoms with Crippen molar-refractivity contribution < 1.29 is 4.74 Å². The zero-order valence-corrected chi connectivity index (χ0v) is 11.1. The number of para-hydroxylation sites is 1. The van der Waals surface area contributed by atoms with Crippen molar-refractivity contribution in [3.8, 4) is 5.75 Å². The highest BCUT2D eigenvalue weighted by atomic mass is 79.9. The van der Waals surface area contributed by atoms with Crippen molar-refractivity contribution in [1.29, 1.82) is 0 Å². The molecule has 0 saturated heterocycles. The number of imidazole rings is 1. The van der Waals surface area contributed by atoms with Gasteiger partial charge in [0.1, 0.15) is 12.4 Å². The number of nitrogen functional groups attached to an aromatic ring is 1. The normalized spacial score (nSPS) is 10.5. The third-order valence-corrected chi connectivity index (χ3v) is 3.07.